The molecular formula is C18H24ClN3O. The van der Waals surface area contributed by atoms with Crippen molar-refractivity contribution in [2.24, 2.45) is 5.92 Å². The molecule has 3 rings (SSSR count). The van der Waals surface area contributed by atoms with Crippen LogP contribution in [-0.4, -0.2) is 35.6 Å². The van der Waals surface area contributed by atoms with Gasteiger partial charge in [-0.2, -0.15) is 5.10 Å². The molecule has 1 fully saturated rings. The number of hydrogen-bond acceptors (Lipinski definition) is 3. The summed E-state index contributed by atoms with van der Waals surface area (Å²) in [6, 6.07) is 10.6. The van der Waals surface area contributed by atoms with Crippen LogP contribution in [0.15, 0.2) is 42.7 Å². The maximum absolute atomic E-state index is 6.02. The van der Waals surface area contributed by atoms with Gasteiger partial charge < -0.3 is 10.1 Å². The molecule has 23 heavy (non-hydrogen) atoms. The smallest absolute Gasteiger partial charge is 0.0892 e. The van der Waals surface area contributed by atoms with Gasteiger partial charge in [-0.25, -0.2) is 0 Å². The Kier molecular flexibility index (Phi) is 5.70. The standard InChI is InChI=1S/C18H24ClN3O/c1-14(15-7-11-23-12-8-15)20-13-18(22-10-2-9-21-22)16-3-5-17(19)6-4-16/h2-6,9-10,14-15,18,20H,7-8,11-13H2,1H3. The Morgan fingerprint density at radius 1 is 1.30 bits per heavy atom. The van der Waals surface area contributed by atoms with Crippen molar-refractivity contribution in [3.8, 4) is 0 Å². The molecule has 1 aliphatic heterocycles. The van der Waals surface area contributed by atoms with E-state index in [1.807, 2.05) is 35.3 Å². The van der Waals surface area contributed by atoms with Crippen molar-refractivity contribution >= 4 is 11.6 Å². The van der Waals surface area contributed by atoms with E-state index >= 15 is 0 Å². The van der Waals surface area contributed by atoms with Crippen molar-refractivity contribution in [3.63, 3.8) is 0 Å². The van der Waals surface area contributed by atoms with Gasteiger partial charge in [0.2, 0.25) is 0 Å². The fourth-order valence-electron chi connectivity index (χ4n) is 3.19. The SMILES string of the molecule is CC(NCC(c1ccc(Cl)cc1)n1cccn1)C1CCOCC1. The van der Waals surface area contributed by atoms with Crippen molar-refractivity contribution in [1.29, 1.82) is 0 Å². The minimum Gasteiger partial charge on any atom is -0.381 e. The van der Waals surface area contributed by atoms with Crippen molar-refractivity contribution in [3.05, 3.63) is 53.3 Å². The fourth-order valence-corrected chi connectivity index (χ4v) is 3.32. The van der Waals surface area contributed by atoms with Gasteiger partial charge in [0.25, 0.3) is 0 Å². The van der Waals surface area contributed by atoms with Crippen LogP contribution in [0.1, 0.15) is 31.4 Å². The molecule has 1 aromatic heterocycles. The molecule has 2 aromatic rings. The Labute approximate surface area is 142 Å². The van der Waals surface area contributed by atoms with E-state index in [1.54, 1.807) is 0 Å². The average molecular weight is 334 g/mol. The third-order valence-corrected chi connectivity index (χ3v) is 4.96. The van der Waals surface area contributed by atoms with E-state index < -0.39 is 0 Å². The van der Waals surface area contributed by atoms with Crippen LogP contribution in [0.3, 0.4) is 0 Å². The molecule has 0 spiro atoms. The molecule has 1 N–H and O–H groups in total. The number of ether oxygens (including phenoxy) is 1. The molecule has 1 aliphatic rings. The van der Waals surface area contributed by atoms with Crippen LogP contribution in [0.2, 0.25) is 5.02 Å². The maximum Gasteiger partial charge on any atom is 0.0892 e. The maximum atomic E-state index is 6.02. The molecule has 4 nitrogen and oxygen atoms in total. The summed E-state index contributed by atoms with van der Waals surface area (Å²) in [5.74, 6) is 0.687. The topological polar surface area (TPSA) is 39.1 Å². The van der Waals surface area contributed by atoms with Gasteiger partial charge in [0.05, 0.1) is 6.04 Å². The lowest BCUT2D eigenvalue weighted by molar-refractivity contribution is 0.0556. The largest absolute Gasteiger partial charge is 0.381 e. The van der Waals surface area contributed by atoms with Gasteiger partial charge in [0, 0.05) is 43.2 Å². The van der Waals surface area contributed by atoms with E-state index in [-0.39, 0.29) is 6.04 Å². The van der Waals surface area contributed by atoms with Gasteiger partial charge in [0.15, 0.2) is 0 Å². The molecular weight excluding hydrogens is 310 g/mol. The summed E-state index contributed by atoms with van der Waals surface area (Å²) in [6.07, 6.45) is 6.12. The summed E-state index contributed by atoms with van der Waals surface area (Å²) in [5.41, 5.74) is 1.21. The normalized spacial score (nSPS) is 18.7. The third-order valence-electron chi connectivity index (χ3n) is 4.71. The molecule has 124 valence electrons. The predicted octanol–water partition coefficient (Wildman–Crippen LogP) is 3.53. The van der Waals surface area contributed by atoms with Crippen LogP contribution in [-0.2, 0) is 4.74 Å². The number of rotatable bonds is 6. The first-order valence-corrected chi connectivity index (χ1v) is 8.67. The molecule has 5 heteroatoms. The lowest BCUT2D eigenvalue weighted by Crippen LogP contribution is -2.40. The summed E-state index contributed by atoms with van der Waals surface area (Å²) >= 11 is 6.02. The molecule has 0 amide bonds. The first-order chi connectivity index (χ1) is 11.2. The van der Waals surface area contributed by atoms with Crippen molar-refractivity contribution < 1.29 is 4.74 Å². The number of benzene rings is 1. The molecule has 1 saturated heterocycles. The quantitative estimate of drug-likeness (QED) is 0.879. The van der Waals surface area contributed by atoms with Crippen LogP contribution < -0.4 is 5.32 Å². The first-order valence-electron chi connectivity index (χ1n) is 8.30. The van der Waals surface area contributed by atoms with E-state index in [9.17, 15) is 0 Å². The first kappa shape index (κ1) is 16.5. The van der Waals surface area contributed by atoms with E-state index in [0.717, 1.165) is 37.6 Å². The van der Waals surface area contributed by atoms with Gasteiger partial charge in [0.1, 0.15) is 0 Å². The third kappa shape index (κ3) is 4.34. The second kappa shape index (κ2) is 7.95. The van der Waals surface area contributed by atoms with E-state index in [2.05, 4.69) is 29.5 Å². The van der Waals surface area contributed by atoms with Crippen LogP contribution in [0.25, 0.3) is 0 Å². The predicted molar refractivity (Wildman–Crippen MR) is 92.8 cm³/mol. The molecule has 2 heterocycles. The minimum atomic E-state index is 0.171. The summed E-state index contributed by atoms with van der Waals surface area (Å²) in [7, 11) is 0. The molecule has 2 unspecified atom stereocenters. The zero-order chi connectivity index (χ0) is 16.1. The highest BCUT2D eigenvalue weighted by atomic mass is 35.5. The lowest BCUT2D eigenvalue weighted by atomic mass is 9.92. The minimum absolute atomic E-state index is 0.171. The van der Waals surface area contributed by atoms with Gasteiger partial charge in [-0.15, -0.1) is 0 Å². The van der Waals surface area contributed by atoms with E-state index in [1.165, 1.54) is 5.56 Å². The summed E-state index contributed by atoms with van der Waals surface area (Å²) in [4.78, 5) is 0. The molecule has 0 radical (unpaired) electrons. The van der Waals surface area contributed by atoms with Crippen LogP contribution in [0.5, 0.6) is 0 Å². The number of nitrogens with zero attached hydrogens (tertiary/aromatic N) is 2. The highest BCUT2D eigenvalue weighted by molar-refractivity contribution is 6.30. The monoisotopic (exact) mass is 333 g/mol. The molecule has 1 aromatic carbocycles. The van der Waals surface area contributed by atoms with Crippen LogP contribution >= 0.6 is 11.6 Å². The van der Waals surface area contributed by atoms with Gasteiger partial charge >= 0.3 is 0 Å². The number of halogens is 1. The second-order valence-corrected chi connectivity index (χ2v) is 6.64. The number of aromatic nitrogens is 2. The zero-order valence-corrected chi connectivity index (χ0v) is 14.2. The van der Waals surface area contributed by atoms with Crippen molar-refractivity contribution in [1.82, 2.24) is 15.1 Å². The molecule has 0 aliphatic carbocycles. The van der Waals surface area contributed by atoms with Gasteiger partial charge in [-0.1, -0.05) is 23.7 Å². The summed E-state index contributed by atoms with van der Waals surface area (Å²) < 4.78 is 7.47. The van der Waals surface area contributed by atoms with Crippen LogP contribution in [0.4, 0.5) is 0 Å². The summed E-state index contributed by atoms with van der Waals surface area (Å²) in [5, 5.41) is 8.89. The zero-order valence-electron chi connectivity index (χ0n) is 13.5. The Morgan fingerprint density at radius 3 is 2.70 bits per heavy atom. The fraction of sp³-hybridized carbons (Fsp3) is 0.500. The highest BCUT2D eigenvalue weighted by Gasteiger charge is 2.22. The van der Waals surface area contributed by atoms with Crippen molar-refractivity contribution in [2.45, 2.75) is 31.8 Å². The molecule has 2 atom stereocenters. The molecule has 0 saturated carbocycles. The second-order valence-electron chi connectivity index (χ2n) is 6.20. The van der Waals surface area contributed by atoms with E-state index in [0.29, 0.717) is 12.0 Å². The Balaban J connectivity index is 1.68. The van der Waals surface area contributed by atoms with Gasteiger partial charge in [-0.3, -0.25) is 4.68 Å². The lowest BCUT2D eigenvalue weighted by Gasteiger charge is -2.30. The number of hydrogen-bond donors (Lipinski definition) is 1. The Bertz CT molecular complexity index is 579. The Hall–Kier alpha value is -1.36. The number of nitrogens with one attached hydrogen (secondary N) is 1. The summed E-state index contributed by atoms with van der Waals surface area (Å²) in [6.45, 7) is 4.90. The van der Waals surface area contributed by atoms with Crippen LogP contribution in [0, 0.1) is 5.92 Å². The average Bonchev–Trinajstić information content (AvgIpc) is 3.11. The highest BCUT2D eigenvalue weighted by Crippen LogP contribution is 2.22. The molecule has 0 bridgehead atoms. The van der Waals surface area contributed by atoms with Crippen molar-refractivity contribution in [2.75, 3.05) is 19.8 Å². The van der Waals surface area contributed by atoms with E-state index in [4.69, 9.17) is 16.3 Å². The Morgan fingerprint density at radius 2 is 2.04 bits per heavy atom. The van der Waals surface area contributed by atoms with Gasteiger partial charge in [-0.05, 0) is 49.4 Å².